The summed E-state index contributed by atoms with van der Waals surface area (Å²) in [6, 6.07) is 0. The average molecular weight is 202 g/mol. The molecule has 0 aromatic rings. The summed E-state index contributed by atoms with van der Waals surface area (Å²) in [5.74, 6) is 0. The third-order valence-corrected chi connectivity index (χ3v) is 2.82. The summed E-state index contributed by atoms with van der Waals surface area (Å²) in [4.78, 5) is 0. The van der Waals surface area contributed by atoms with Gasteiger partial charge in [-0.05, 0) is 13.3 Å². The van der Waals surface area contributed by atoms with E-state index < -0.39 is 21.3 Å². The van der Waals surface area contributed by atoms with Gasteiger partial charge in [-0.1, -0.05) is 0 Å². The van der Waals surface area contributed by atoms with Gasteiger partial charge in [0.1, 0.15) is 5.21 Å². The smallest absolute Gasteiger partial charge is 0.225 e. The first-order chi connectivity index (χ1) is 4.98. The van der Waals surface area contributed by atoms with Gasteiger partial charge in [0.05, 0.1) is 6.10 Å². The minimum atomic E-state index is -3.31. The maximum absolute atomic E-state index is 10.7. The number of hydrogen-bond donors (Lipinski definition) is 2. The quantitative estimate of drug-likeness (QED) is 0.610. The molecule has 0 rings (SSSR count). The summed E-state index contributed by atoms with van der Waals surface area (Å²) in [6.45, 7) is 1.82. The van der Waals surface area contributed by atoms with Crippen LogP contribution in [-0.2, 0) is 10.0 Å². The van der Waals surface area contributed by atoms with E-state index in [2.05, 4.69) is 4.72 Å². The van der Waals surface area contributed by atoms with Crippen LogP contribution in [-0.4, -0.2) is 31.4 Å². The molecule has 0 aromatic carbocycles. The Bertz CT molecular complexity index is 190. The maximum Gasteiger partial charge on any atom is 0.225 e. The van der Waals surface area contributed by atoms with Gasteiger partial charge in [0.15, 0.2) is 0 Å². The Kier molecular flexibility index (Phi) is 4.99. The molecule has 0 aliphatic carbocycles. The molecule has 1 atom stereocenters. The topological polar surface area (TPSA) is 66.4 Å². The number of rotatable bonds is 5. The summed E-state index contributed by atoms with van der Waals surface area (Å²) in [7, 11) is -3.31. The second kappa shape index (κ2) is 4.92. The van der Waals surface area contributed by atoms with Gasteiger partial charge in [-0.15, -0.1) is 11.6 Å². The number of aliphatic hydroxyl groups is 1. The number of hydrogen-bond acceptors (Lipinski definition) is 3. The second-order valence-corrected chi connectivity index (χ2v) is 4.65. The lowest BCUT2D eigenvalue weighted by Crippen LogP contribution is -2.27. The lowest BCUT2D eigenvalue weighted by atomic mass is 10.3. The highest BCUT2D eigenvalue weighted by atomic mass is 35.5. The number of nitrogens with one attached hydrogen (secondary N) is 1. The van der Waals surface area contributed by atoms with E-state index in [4.69, 9.17) is 16.7 Å². The summed E-state index contributed by atoms with van der Waals surface area (Å²) in [6.07, 6.45) is -0.0936. The minimum absolute atomic E-state index is 0.229. The Balaban J connectivity index is 3.55. The molecule has 4 nitrogen and oxygen atoms in total. The molecule has 0 saturated heterocycles. The zero-order valence-corrected chi connectivity index (χ0v) is 7.82. The summed E-state index contributed by atoms with van der Waals surface area (Å²) in [5.41, 5.74) is 0. The van der Waals surface area contributed by atoms with Crippen molar-refractivity contribution in [3.8, 4) is 0 Å². The van der Waals surface area contributed by atoms with Crippen LogP contribution in [0.3, 0.4) is 0 Å². The Labute approximate surface area is 71.6 Å². The molecule has 0 heterocycles. The fourth-order valence-electron chi connectivity index (χ4n) is 0.462. The van der Waals surface area contributed by atoms with Crippen molar-refractivity contribution in [2.45, 2.75) is 19.4 Å². The molecule has 0 aliphatic heterocycles. The fourth-order valence-corrected chi connectivity index (χ4v) is 1.20. The van der Waals surface area contributed by atoms with E-state index >= 15 is 0 Å². The monoisotopic (exact) mass is 201 g/mol. The summed E-state index contributed by atoms with van der Waals surface area (Å²) < 4.78 is 23.5. The van der Waals surface area contributed by atoms with Gasteiger partial charge in [-0.2, -0.15) is 0 Å². The van der Waals surface area contributed by atoms with Gasteiger partial charge >= 0.3 is 0 Å². The molecule has 0 spiro atoms. The first-order valence-corrected chi connectivity index (χ1v) is 5.38. The molecular formula is C5H12ClNO3S. The SMILES string of the molecule is CC(O)CCNS(=O)(=O)CCl. The largest absolute Gasteiger partial charge is 0.393 e. The number of sulfonamides is 1. The Hall–Kier alpha value is 0.160. The van der Waals surface area contributed by atoms with Crippen molar-refractivity contribution < 1.29 is 13.5 Å². The summed E-state index contributed by atoms with van der Waals surface area (Å²) in [5, 5.41) is 8.32. The Morgan fingerprint density at radius 3 is 2.55 bits per heavy atom. The number of halogens is 1. The lowest BCUT2D eigenvalue weighted by molar-refractivity contribution is 0.186. The van der Waals surface area contributed by atoms with Gasteiger partial charge < -0.3 is 5.11 Å². The average Bonchev–Trinajstić information content (AvgIpc) is 1.87. The molecule has 11 heavy (non-hydrogen) atoms. The van der Waals surface area contributed by atoms with E-state index in [1.54, 1.807) is 6.92 Å². The molecule has 2 N–H and O–H groups in total. The predicted molar refractivity (Wildman–Crippen MR) is 43.9 cm³/mol. The van der Waals surface area contributed by atoms with Crippen molar-refractivity contribution in [3.63, 3.8) is 0 Å². The van der Waals surface area contributed by atoms with Crippen molar-refractivity contribution in [3.05, 3.63) is 0 Å². The number of aliphatic hydroxyl groups excluding tert-OH is 1. The van der Waals surface area contributed by atoms with Crippen molar-refractivity contribution in [2.75, 3.05) is 11.8 Å². The Morgan fingerprint density at radius 1 is 1.64 bits per heavy atom. The molecule has 68 valence electrons. The van der Waals surface area contributed by atoms with Crippen LogP contribution in [0, 0.1) is 0 Å². The van der Waals surface area contributed by atoms with Gasteiger partial charge in [0.2, 0.25) is 10.0 Å². The highest BCUT2D eigenvalue weighted by molar-refractivity contribution is 7.90. The lowest BCUT2D eigenvalue weighted by Gasteiger charge is -2.04. The molecule has 0 aromatic heterocycles. The molecule has 0 aliphatic rings. The van der Waals surface area contributed by atoms with E-state index in [-0.39, 0.29) is 6.54 Å². The highest BCUT2D eigenvalue weighted by Crippen LogP contribution is 1.91. The van der Waals surface area contributed by atoms with Crippen LogP contribution in [0.15, 0.2) is 0 Å². The molecule has 0 radical (unpaired) electrons. The van der Waals surface area contributed by atoms with Crippen LogP contribution in [0.25, 0.3) is 0 Å². The van der Waals surface area contributed by atoms with Gasteiger partial charge in [-0.3, -0.25) is 0 Å². The van der Waals surface area contributed by atoms with Crippen LogP contribution >= 0.6 is 11.6 Å². The van der Waals surface area contributed by atoms with E-state index in [1.165, 1.54) is 0 Å². The van der Waals surface area contributed by atoms with Crippen LogP contribution < -0.4 is 4.72 Å². The van der Waals surface area contributed by atoms with Gasteiger partial charge in [-0.25, -0.2) is 13.1 Å². The van der Waals surface area contributed by atoms with Gasteiger partial charge in [0.25, 0.3) is 0 Å². The van der Waals surface area contributed by atoms with E-state index in [9.17, 15) is 8.42 Å². The third-order valence-electron chi connectivity index (χ3n) is 1.03. The first kappa shape index (κ1) is 11.2. The second-order valence-electron chi connectivity index (χ2n) is 2.26. The zero-order valence-electron chi connectivity index (χ0n) is 6.25. The van der Waals surface area contributed by atoms with Crippen LogP contribution in [0.1, 0.15) is 13.3 Å². The molecule has 6 heteroatoms. The van der Waals surface area contributed by atoms with Crippen molar-refractivity contribution in [1.82, 2.24) is 4.72 Å². The van der Waals surface area contributed by atoms with E-state index in [0.717, 1.165) is 0 Å². The standard InChI is InChI=1S/C5H12ClNO3S/c1-5(8)2-3-7-11(9,10)4-6/h5,7-8H,2-4H2,1H3. The normalized spacial score (nSPS) is 14.8. The van der Waals surface area contributed by atoms with E-state index in [0.29, 0.717) is 6.42 Å². The van der Waals surface area contributed by atoms with E-state index in [1.807, 2.05) is 0 Å². The predicted octanol–water partition coefficient (Wildman–Crippen LogP) is -0.127. The molecule has 1 unspecified atom stereocenters. The van der Waals surface area contributed by atoms with Crippen LogP contribution in [0.2, 0.25) is 0 Å². The van der Waals surface area contributed by atoms with Crippen molar-refractivity contribution in [2.24, 2.45) is 0 Å². The third kappa shape index (κ3) is 6.55. The first-order valence-electron chi connectivity index (χ1n) is 3.19. The highest BCUT2D eigenvalue weighted by Gasteiger charge is 2.06. The van der Waals surface area contributed by atoms with Crippen LogP contribution in [0.5, 0.6) is 0 Å². The van der Waals surface area contributed by atoms with Gasteiger partial charge in [0, 0.05) is 6.54 Å². The summed E-state index contributed by atoms with van der Waals surface area (Å²) >= 11 is 5.10. The molecule has 0 fully saturated rings. The molecule has 0 amide bonds. The number of alkyl halides is 1. The minimum Gasteiger partial charge on any atom is -0.393 e. The Morgan fingerprint density at radius 2 is 2.18 bits per heavy atom. The van der Waals surface area contributed by atoms with Crippen molar-refractivity contribution >= 4 is 21.6 Å². The zero-order chi connectivity index (χ0) is 8.91. The molecule has 0 saturated carbocycles. The fraction of sp³-hybridized carbons (Fsp3) is 1.00. The molecular weight excluding hydrogens is 190 g/mol. The van der Waals surface area contributed by atoms with Crippen molar-refractivity contribution in [1.29, 1.82) is 0 Å². The maximum atomic E-state index is 10.7. The molecule has 0 bridgehead atoms. The van der Waals surface area contributed by atoms with Crippen LogP contribution in [0.4, 0.5) is 0 Å².